The normalized spacial score (nSPS) is 9.10. The van der Waals surface area contributed by atoms with Gasteiger partial charge < -0.3 is 5.73 Å². The minimum absolute atomic E-state index is 0.460. The van der Waals surface area contributed by atoms with Gasteiger partial charge in [-0.25, -0.2) is 4.98 Å². The number of hydrogen-bond acceptors (Lipinski definition) is 3. The predicted molar refractivity (Wildman–Crippen MR) is 95.4 cm³/mol. The molecule has 0 fully saturated rings. The maximum Gasteiger partial charge on any atom is 0.105 e. The van der Waals surface area contributed by atoms with E-state index in [0.717, 1.165) is 15.5 Å². The number of aromatic nitrogens is 1. The van der Waals surface area contributed by atoms with E-state index in [1.807, 2.05) is 45.9 Å². The van der Waals surface area contributed by atoms with Crippen molar-refractivity contribution in [2.24, 2.45) is 5.73 Å². The topological polar surface area (TPSA) is 38.9 Å². The summed E-state index contributed by atoms with van der Waals surface area (Å²) in [5, 5.41) is 2.12. The Morgan fingerprint density at radius 2 is 1.76 bits per heavy atom. The van der Waals surface area contributed by atoms with Crippen LogP contribution >= 0.6 is 35.0 Å². The van der Waals surface area contributed by atoms with Crippen molar-refractivity contribution in [3.8, 4) is 0 Å². The minimum atomic E-state index is 0.460. The van der Waals surface area contributed by atoms with Gasteiger partial charge in [-0.2, -0.15) is 0 Å². The minimum Gasteiger partial charge on any atom is -0.326 e. The molecule has 0 aliphatic heterocycles. The molecule has 0 aliphatic rings. The van der Waals surface area contributed by atoms with Gasteiger partial charge in [-0.1, -0.05) is 68.7 Å². The molecule has 116 valence electrons. The maximum absolute atomic E-state index is 6.11. The number of nitrogens with zero attached hydrogens (tertiary/aromatic N) is 1. The first-order chi connectivity index (χ1) is 10.2. The van der Waals surface area contributed by atoms with Crippen LogP contribution in [0.15, 0.2) is 46.5 Å². The SMILES string of the molecule is CC.CC.NCc1cccnc1Sc1ccc(Cl)cc1Cl. The van der Waals surface area contributed by atoms with Crippen molar-refractivity contribution in [2.45, 2.75) is 44.2 Å². The van der Waals surface area contributed by atoms with Crippen molar-refractivity contribution in [1.82, 2.24) is 4.98 Å². The molecule has 2 aromatic rings. The Hall–Kier alpha value is -0.740. The van der Waals surface area contributed by atoms with E-state index < -0.39 is 0 Å². The third kappa shape index (κ3) is 6.70. The molecule has 2 N–H and O–H groups in total. The Labute approximate surface area is 142 Å². The van der Waals surface area contributed by atoms with Gasteiger partial charge >= 0.3 is 0 Å². The van der Waals surface area contributed by atoms with Crippen LogP contribution in [0.2, 0.25) is 10.0 Å². The zero-order chi connectivity index (χ0) is 16.3. The molecule has 2 rings (SSSR count). The lowest BCUT2D eigenvalue weighted by molar-refractivity contribution is 0.963. The van der Waals surface area contributed by atoms with Crippen molar-refractivity contribution in [3.05, 3.63) is 52.1 Å². The quantitative estimate of drug-likeness (QED) is 0.736. The molecule has 0 saturated heterocycles. The first kappa shape index (κ1) is 20.3. The van der Waals surface area contributed by atoms with E-state index in [9.17, 15) is 0 Å². The van der Waals surface area contributed by atoms with Crippen LogP contribution in [0.3, 0.4) is 0 Å². The number of nitrogens with two attached hydrogens (primary N) is 1. The largest absolute Gasteiger partial charge is 0.326 e. The van der Waals surface area contributed by atoms with Gasteiger partial charge in [-0.15, -0.1) is 0 Å². The summed E-state index contributed by atoms with van der Waals surface area (Å²) in [6.45, 7) is 8.46. The number of pyridine rings is 1. The van der Waals surface area contributed by atoms with Crippen LogP contribution in [0.4, 0.5) is 0 Å². The van der Waals surface area contributed by atoms with Crippen molar-refractivity contribution in [1.29, 1.82) is 0 Å². The summed E-state index contributed by atoms with van der Waals surface area (Å²) in [7, 11) is 0. The van der Waals surface area contributed by atoms with Crippen LogP contribution in [0.5, 0.6) is 0 Å². The second-order valence-electron chi connectivity index (χ2n) is 3.35. The highest BCUT2D eigenvalue weighted by atomic mass is 35.5. The van der Waals surface area contributed by atoms with Crippen molar-refractivity contribution >= 4 is 35.0 Å². The molecular formula is C16H22Cl2N2S. The predicted octanol–water partition coefficient (Wildman–Crippen LogP) is 6.05. The number of benzene rings is 1. The van der Waals surface area contributed by atoms with Crippen molar-refractivity contribution < 1.29 is 0 Å². The molecule has 0 aliphatic carbocycles. The fourth-order valence-corrected chi connectivity index (χ4v) is 2.75. The average Bonchev–Trinajstić information content (AvgIpc) is 2.54. The summed E-state index contributed by atoms with van der Waals surface area (Å²) < 4.78 is 0. The highest BCUT2D eigenvalue weighted by Gasteiger charge is 2.07. The van der Waals surface area contributed by atoms with E-state index in [1.165, 1.54) is 11.8 Å². The lowest BCUT2D eigenvalue weighted by Crippen LogP contribution is -1.99. The molecule has 0 bridgehead atoms. The Balaban J connectivity index is 0.000000921. The molecular weight excluding hydrogens is 323 g/mol. The third-order valence-electron chi connectivity index (χ3n) is 2.17. The first-order valence-electron chi connectivity index (χ1n) is 6.97. The van der Waals surface area contributed by atoms with Crippen LogP contribution in [-0.2, 0) is 6.54 Å². The molecule has 0 amide bonds. The van der Waals surface area contributed by atoms with E-state index in [2.05, 4.69) is 4.98 Å². The standard InChI is InChI=1S/C12H10Cl2N2S.2C2H6/c13-9-3-4-11(10(14)6-9)17-12-8(7-15)2-1-5-16-12;2*1-2/h1-6H,7,15H2;2*1-2H3. The number of halogens is 2. The summed E-state index contributed by atoms with van der Waals surface area (Å²) >= 11 is 13.5. The molecule has 0 spiro atoms. The molecule has 1 aromatic heterocycles. The lowest BCUT2D eigenvalue weighted by Gasteiger charge is -2.07. The van der Waals surface area contributed by atoms with E-state index in [1.54, 1.807) is 18.3 Å². The number of rotatable bonds is 3. The second kappa shape index (κ2) is 11.9. The summed E-state index contributed by atoms with van der Waals surface area (Å²) in [5.41, 5.74) is 6.66. The van der Waals surface area contributed by atoms with Gasteiger partial charge in [0.05, 0.1) is 5.02 Å². The molecule has 5 heteroatoms. The van der Waals surface area contributed by atoms with Gasteiger partial charge in [0.15, 0.2) is 0 Å². The van der Waals surface area contributed by atoms with Crippen LogP contribution in [0.25, 0.3) is 0 Å². The molecule has 0 saturated carbocycles. The summed E-state index contributed by atoms with van der Waals surface area (Å²) in [6.07, 6.45) is 1.74. The lowest BCUT2D eigenvalue weighted by atomic mass is 10.3. The molecule has 0 radical (unpaired) electrons. The van der Waals surface area contributed by atoms with Crippen LogP contribution < -0.4 is 5.73 Å². The van der Waals surface area contributed by atoms with E-state index in [-0.39, 0.29) is 0 Å². The monoisotopic (exact) mass is 344 g/mol. The van der Waals surface area contributed by atoms with E-state index >= 15 is 0 Å². The molecule has 2 nitrogen and oxygen atoms in total. The van der Waals surface area contributed by atoms with Crippen LogP contribution in [0, 0.1) is 0 Å². The fraction of sp³-hybridized carbons (Fsp3) is 0.312. The van der Waals surface area contributed by atoms with Gasteiger partial charge in [-0.05, 0) is 29.8 Å². The maximum atomic E-state index is 6.11. The third-order valence-corrected chi connectivity index (χ3v) is 3.97. The summed E-state index contributed by atoms with van der Waals surface area (Å²) in [4.78, 5) is 5.22. The van der Waals surface area contributed by atoms with Gasteiger partial charge in [0.25, 0.3) is 0 Å². The fourth-order valence-electron chi connectivity index (χ4n) is 1.33. The van der Waals surface area contributed by atoms with Crippen LogP contribution in [-0.4, -0.2) is 4.98 Å². The van der Waals surface area contributed by atoms with Gasteiger partial charge in [0.1, 0.15) is 5.03 Å². The smallest absolute Gasteiger partial charge is 0.105 e. The highest BCUT2D eigenvalue weighted by Crippen LogP contribution is 2.35. The molecule has 1 heterocycles. The van der Waals surface area contributed by atoms with Gasteiger partial charge in [0, 0.05) is 22.7 Å². The van der Waals surface area contributed by atoms with Gasteiger partial charge in [0.2, 0.25) is 0 Å². The zero-order valence-electron chi connectivity index (χ0n) is 12.9. The molecule has 1 aromatic carbocycles. The summed E-state index contributed by atoms with van der Waals surface area (Å²) in [6, 6.07) is 9.23. The molecule has 0 unspecified atom stereocenters. The van der Waals surface area contributed by atoms with Crippen LogP contribution in [0.1, 0.15) is 33.3 Å². The van der Waals surface area contributed by atoms with E-state index in [0.29, 0.717) is 16.6 Å². The zero-order valence-corrected chi connectivity index (χ0v) is 15.2. The Morgan fingerprint density at radius 3 is 2.33 bits per heavy atom. The first-order valence-corrected chi connectivity index (χ1v) is 8.55. The Morgan fingerprint density at radius 1 is 1.10 bits per heavy atom. The van der Waals surface area contributed by atoms with Crippen molar-refractivity contribution in [2.75, 3.05) is 0 Å². The molecule has 0 atom stereocenters. The number of hydrogen-bond donors (Lipinski definition) is 1. The Kier molecular flexibility index (Phi) is 11.5. The highest BCUT2D eigenvalue weighted by molar-refractivity contribution is 7.99. The van der Waals surface area contributed by atoms with E-state index in [4.69, 9.17) is 28.9 Å². The Bertz CT molecular complexity index is 533. The second-order valence-corrected chi connectivity index (χ2v) is 5.22. The van der Waals surface area contributed by atoms with Gasteiger partial charge in [-0.3, -0.25) is 0 Å². The molecule has 21 heavy (non-hydrogen) atoms. The summed E-state index contributed by atoms with van der Waals surface area (Å²) in [5.74, 6) is 0. The van der Waals surface area contributed by atoms with Crippen molar-refractivity contribution in [3.63, 3.8) is 0 Å². The average molecular weight is 345 g/mol.